The van der Waals surface area contributed by atoms with Crippen molar-refractivity contribution in [1.82, 2.24) is 10.2 Å². The minimum atomic E-state index is -4.68. The summed E-state index contributed by atoms with van der Waals surface area (Å²) >= 11 is 0. The molecule has 0 aliphatic carbocycles. The Morgan fingerprint density at radius 3 is 2.25 bits per heavy atom. The van der Waals surface area contributed by atoms with E-state index in [9.17, 15) is 26.4 Å². The van der Waals surface area contributed by atoms with E-state index in [-0.39, 0.29) is 24.4 Å². The topological polar surface area (TPSA) is 75.7 Å². The van der Waals surface area contributed by atoms with Crippen LogP contribution in [0.15, 0.2) is 53.4 Å². The maximum absolute atomic E-state index is 12.9. The molecule has 2 aromatic carbocycles. The molecule has 0 saturated heterocycles. The highest BCUT2D eigenvalue weighted by atomic mass is 32.2. The van der Waals surface area contributed by atoms with Crippen molar-refractivity contribution in [3.8, 4) is 5.75 Å². The Morgan fingerprint density at radius 2 is 1.69 bits per heavy atom. The van der Waals surface area contributed by atoms with E-state index in [1.54, 1.807) is 17.0 Å². The largest absolute Gasteiger partial charge is 0.416 e. The zero-order valence-electron chi connectivity index (χ0n) is 18.5. The van der Waals surface area contributed by atoms with E-state index >= 15 is 0 Å². The number of carbonyl (C=O) groups is 1. The molecule has 0 aliphatic rings. The number of nitrogens with zero attached hydrogens (tertiary/aromatic N) is 1. The van der Waals surface area contributed by atoms with Crippen molar-refractivity contribution in [1.29, 1.82) is 0 Å². The second kappa shape index (κ2) is 9.40. The molecule has 2 amide bonds. The zero-order chi connectivity index (χ0) is 24.3. The number of hydrogen-bond donors (Lipinski definition) is 1. The average Bonchev–Trinajstić information content (AvgIpc) is 2.64. The van der Waals surface area contributed by atoms with E-state index in [0.717, 1.165) is 18.2 Å². The summed E-state index contributed by atoms with van der Waals surface area (Å²) in [5.74, 6) is -0.0696. The van der Waals surface area contributed by atoms with Crippen molar-refractivity contribution >= 4 is 16.1 Å². The molecule has 0 fully saturated rings. The number of hydrogen-bond acceptors (Lipinski definition) is 4. The highest BCUT2D eigenvalue weighted by Gasteiger charge is 2.32. The zero-order valence-corrected chi connectivity index (χ0v) is 19.3. The van der Waals surface area contributed by atoms with Crippen LogP contribution in [0.5, 0.6) is 5.75 Å². The van der Waals surface area contributed by atoms with Gasteiger partial charge in [0.25, 0.3) is 0 Å². The lowest BCUT2D eigenvalue weighted by atomic mass is 10.1. The molecule has 2 aromatic rings. The fourth-order valence-corrected chi connectivity index (χ4v) is 3.75. The summed E-state index contributed by atoms with van der Waals surface area (Å²) in [7, 11) is -4.49. The van der Waals surface area contributed by atoms with Crippen LogP contribution >= 0.6 is 0 Å². The van der Waals surface area contributed by atoms with Gasteiger partial charge in [-0.2, -0.15) is 21.6 Å². The van der Waals surface area contributed by atoms with Crippen LogP contribution in [-0.4, -0.2) is 30.9 Å². The Morgan fingerprint density at radius 1 is 1.06 bits per heavy atom. The van der Waals surface area contributed by atoms with Gasteiger partial charge in [0.05, 0.1) is 5.56 Å². The third-order valence-corrected chi connectivity index (χ3v) is 5.52. The van der Waals surface area contributed by atoms with Gasteiger partial charge in [-0.25, -0.2) is 4.79 Å². The Balaban J connectivity index is 2.25. The predicted molar refractivity (Wildman–Crippen MR) is 115 cm³/mol. The van der Waals surface area contributed by atoms with Crippen LogP contribution in [0.25, 0.3) is 0 Å². The fraction of sp³-hybridized carbons (Fsp3) is 0.409. The Labute approximate surface area is 186 Å². The van der Waals surface area contributed by atoms with Crippen molar-refractivity contribution in [3.05, 3.63) is 59.7 Å². The van der Waals surface area contributed by atoms with Crippen molar-refractivity contribution in [2.24, 2.45) is 0 Å². The summed E-state index contributed by atoms with van der Waals surface area (Å²) in [6, 6.07) is 8.98. The lowest BCUT2D eigenvalue weighted by molar-refractivity contribution is -0.137. The van der Waals surface area contributed by atoms with Gasteiger partial charge in [-0.1, -0.05) is 18.2 Å². The van der Waals surface area contributed by atoms with E-state index in [4.69, 9.17) is 4.18 Å². The van der Waals surface area contributed by atoms with Gasteiger partial charge in [0.2, 0.25) is 0 Å². The van der Waals surface area contributed by atoms with Crippen LogP contribution in [0.1, 0.15) is 45.7 Å². The van der Waals surface area contributed by atoms with Crippen LogP contribution in [-0.2, 0) is 22.8 Å². The first kappa shape index (κ1) is 25.5. The first-order chi connectivity index (χ1) is 14.6. The molecule has 10 heteroatoms. The summed E-state index contributed by atoms with van der Waals surface area (Å²) in [5, 5.41) is 2.88. The smallest absolute Gasteiger partial charge is 0.379 e. The van der Waals surface area contributed by atoms with Crippen molar-refractivity contribution in [2.75, 3.05) is 0 Å². The van der Waals surface area contributed by atoms with E-state index < -0.39 is 32.3 Å². The molecule has 32 heavy (non-hydrogen) atoms. The Hall–Kier alpha value is -2.75. The number of nitrogens with one attached hydrogen (secondary N) is 1. The molecule has 1 N–H and O–H groups in total. The standard InChI is InChI=1S/C22H27F3N2O4S/c1-15(2)27(20(28)26-21(3,4)5)14-16-8-6-10-18(12-16)31-32(29,30)19-11-7-9-17(13-19)22(23,24)25/h6-13,15H,14H2,1-5H3,(H,26,28). The monoisotopic (exact) mass is 472 g/mol. The van der Waals surface area contributed by atoms with Crippen molar-refractivity contribution < 1.29 is 30.6 Å². The number of alkyl halides is 3. The Bertz CT molecular complexity index is 1060. The molecule has 0 unspecified atom stereocenters. The molecule has 0 saturated carbocycles. The van der Waals surface area contributed by atoms with Gasteiger partial charge in [0.15, 0.2) is 0 Å². The average molecular weight is 473 g/mol. The molecule has 0 aromatic heterocycles. The Kier molecular flexibility index (Phi) is 7.49. The van der Waals surface area contributed by atoms with Gasteiger partial charge in [0.1, 0.15) is 10.6 Å². The highest BCUT2D eigenvalue weighted by molar-refractivity contribution is 7.87. The molecular weight excluding hydrogens is 445 g/mol. The number of urea groups is 1. The maximum Gasteiger partial charge on any atom is 0.416 e. The molecule has 0 radical (unpaired) electrons. The molecule has 0 bridgehead atoms. The SMILES string of the molecule is CC(C)N(Cc1cccc(OS(=O)(=O)c2cccc(C(F)(F)F)c2)c1)C(=O)NC(C)(C)C. The van der Waals surface area contributed by atoms with Crippen molar-refractivity contribution in [2.45, 2.75) is 63.8 Å². The van der Waals surface area contributed by atoms with Gasteiger partial charge >= 0.3 is 22.3 Å². The molecular formula is C22H27F3N2O4S. The molecule has 0 atom stereocenters. The number of benzene rings is 2. The van der Waals surface area contributed by atoms with E-state index in [1.807, 2.05) is 34.6 Å². The van der Waals surface area contributed by atoms with E-state index in [0.29, 0.717) is 11.6 Å². The van der Waals surface area contributed by atoms with E-state index in [2.05, 4.69) is 5.32 Å². The van der Waals surface area contributed by atoms with Gasteiger partial charge < -0.3 is 14.4 Å². The lowest BCUT2D eigenvalue weighted by Gasteiger charge is -2.31. The normalized spacial score (nSPS) is 12.5. The summed E-state index contributed by atoms with van der Waals surface area (Å²) < 4.78 is 68.9. The van der Waals surface area contributed by atoms with Gasteiger partial charge in [-0.3, -0.25) is 0 Å². The predicted octanol–water partition coefficient (Wildman–Crippen LogP) is 5.19. The van der Waals surface area contributed by atoms with Crippen LogP contribution in [0.3, 0.4) is 0 Å². The van der Waals surface area contributed by atoms with Gasteiger partial charge in [0, 0.05) is 18.1 Å². The summed E-state index contributed by atoms with van der Waals surface area (Å²) in [5.41, 5.74) is -0.929. The second-order valence-electron chi connectivity index (χ2n) is 8.61. The minimum Gasteiger partial charge on any atom is -0.379 e. The number of amides is 2. The molecule has 176 valence electrons. The highest BCUT2D eigenvalue weighted by Crippen LogP contribution is 2.31. The van der Waals surface area contributed by atoms with Crippen LogP contribution in [0, 0.1) is 0 Å². The number of carbonyl (C=O) groups excluding carboxylic acids is 1. The van der Waals surface area contributed by atoms with E-state index in [1.165, 1.54) is 12.1 Å². The summed E-state index contributed by atoms with van der Waals surface area (Å²) in [6.45, 7) is 9.45. The molecule has 6 nitrogen and oxygen atoms in total. The quantitative estimate of drug-likeness (QED) is 0.587. The maximum atomic E-state index is 12.9. The summed E-state index contributed by atoms with van der Waals surface area (Å²) in [6.07, 6.45) is -4.68. The van der Waals surface area contributed by atoms with Crippen LogP contribution < -0.4 is 9.50 Å². The van der Waals surface area contributed by atoms with Crippen molar-refractivity contribution in [3.63, 3.8) is 0 Å². The summed E-state index contributed by atoms with van der Waals surface area (Å²) in [4.78, 5) is 13.6. The van der Waals surface area contributed by atoms with Gasteiger partial charge in [-0.15, -0.1) is 0 Å². The van der Waals surface area contributed by atoms with Gasteiger partial charge in [-0.05, 0) is 70.5 Å². The first-order valence-corrected chi connectivity index (χ1v) is 11.3. The first-order valence-electron chi connectivity index (χ1n) is 9.88. The number of rotatable bonds is 6. The minimum absolute atomic E-state index is 0.0696. The van der Waals surface area contributed by atoms with Crippen LogP contribution in [0.2, 0.25) is 0 Å². The fourth-order valence-electron chi connectivity index (χ4n) is 2.78. The third kappa shape index (κ3) is 7.15. The molecule has 0 aliphatic heterocycles. The molecule has 0 spiro atoms. The lowest BCUT2D eigenvalue weighted by Crippen LogP contribution is -2.50. The third-order valence-electron chi connectivity index (χ3n) is 4.27. The second-order valence-corrected chi connectivity index (χ2v) is 10.2. The number of halogens is 3. The van der Waals surface area contributed by atoms with Crippen LogP contribution in [0.4, 0.5) is 18.0 Å². The molecule has 0 heterocycles. The molecule has 2 rings (SSSR count).